The van der Waals surface area contributed by atoms with Crippen LogP contribution >= 0.6 is 0 Å². The molecule has 2 aliphatic rings. The molecule has 0 radical (unpaired) electrons. The van der Waals surface area contributed by atoms with Crippen LogP contribution in [0, 0.1) is 13.8 Å². The number of amides is 1. The molecule has 2 saturated heterocycles. The zero-order chi connectivity index (χ0) is 14.1. The van der Waals surface area contributed by atoms with Crippen molar-refractivity contribution in [3.05, 3.63) is 34.9 Å². The Morgan fingerprint density at radius 1 is 1.25 bits per heavy atom. The third-order valence-corrected chi connectivity index (χ3v) is 4.69. The van der Waals surface area contributed by atoms with Gasteiger partial charge in [-0.2, -0.15) is 0 Å². The molecule has 2 unspecified atom stereocenters. The van der Waals surface area contributed by atoms with Gasteiger partial charge in [0.1, 0.15) is 0 Å². The minimum absolute atomic E-state index is 0.171. The number of aryl methyl sites for hydroxylation is 2. The van der Waals surface area contributed by atoms with Crippen molar-refractivity contribution in [3.63, 3.8) is 0 Å². The first-order valence-corrected chi connectivity index (χ1v) is 7.71. The average molecular weight is 272 g/mol. The lowest BCUT2D eigenvalue weighted by atomic mass is 9.98. The number of piperidine rings is 1. The van der Waals surface area contributed by atoms with E-state index in [9.17, 15) is 4.79 Å². The zero-order valence-electron chi connectivity index (χ0n) is 12.4. The van der Waals surface area contributed by atoms with E-state index in [0.717, 1.165) is 18.4 Å². The lowest BCUT2D eigenvalue weighted by molar-refractivity contribution is -0.121. The van der Waals surface area contributed by atoms with E-state index in [1.807, 2.05) is 0 Å². The maximum absolute atomic E-state index is 12.2. The van der Waals surface area contributed by atoms with Gasteiger partial charge in [0.15, 0.2) is 0 Å². The first kappa shape index (κ1) is 13.6. The van der Waals surface area contributed by atoms with Gasteiger partial charge in [0.05, 0.1) is 6.42 Å². The zero-order valence-corrected chi connectivity index (χ0v) is 12.4. The topological polar surface area (TPSA) is 41.1 Å². The van der Waals surface area contributed by atoms with Crippen molar-refractivity contribution in [2.24, 2.45) is 0 Å². The molecule has 0 saturated carbocycles. The Hall–Kier alpha value is -1.35. The number of rotatable bonds is 3. The molecule has 0 spiro atoms. The summed E-state index contributed by atoms with van der Waals surface area (Å²) in [6, 6.07) is 7.94. The number of fused-ring (bicyclic) bond motifs is 2. The molecule has 2 N–H and O–H groups in total. The summed E-state index contributed by atoms with van der Waals surface area (Å²) in [6.45, 7) is 4.15. The summed E-state index contributed by atoms with van der Waals surface area (Å²) < 4.78 is 0. The molecule has 2 fully saturated rings. The smallest absolute Gasteiger partial charge is 0.224 e. The molecule has 2 heterocycles. The van der Waals surface area contributed by atoms with E-state index >= 15 is 0 Å². The molecule has 1 aromatic rings. The molecular formula is C17H24N2O. The predicted molar refractivity (Wildman–Crippen MR) is 80.7 cm³/mol. The molecule has 3 rings (SSSR count). The minimum Gasteiger partial charge on any atom is -0.353 e. The summed E-state index contributed by atoms with van der Waals surface area (Å²) in [6.07, 6.45) is 5.24. The Morgan fingerprint density at radius 2 is 1.95 bits per heavy atom. The summed E-state index contributed by atoms with van der Waals surface area (Å²) in [4.78, 5) is 12.2. The SMILES string of the molecule is Cc1ccc(C)c(CC(=O)NC2CC3CCC(C2)N3)c1. The number of benzene rings is 1. The van der Waals surface area contributed by atoms with Crippen LogP contribution in [0.2, 0.25) is 0 Å². The van der Waals surface area contributed by atoms with Crippen molar-refractivity contribution >= 4 is 5.91 Å². The molecule has 0 aliphatic carbocycles. The second kappa shape index (κ2) is 5.57. The van der Waals surface area contributed by atoms with Gasteiger partial charge >= 0.3 is 0 Å². The highest BCUT2D eigenvalue weighted by Crippen LogP contribution is 2.26. The Balaban J connectivity index is 1.58. The van der Waals surface area contributed by atoms with Crippen molar-refractivity contribution in [1.29, 1.82) is 0 Å². The van der Waals surface area contributed by atoms with Crippen molar-refractivity contribution < 1.29 is 4.79 Å². The van der Waals surface area contributed by atoms with Crippen molar-refractivity contribution in [2.75, 3.05) is 0 Å². The Kier molecular flexibility index (Phi) is 3.79. The van der Waals surface area contributed by atoms with E-state index in [2.05, 4.69) is 42.7 Å². The third-order valence-electron chi connectivity index (χ3n) is 4.69. The molecule has 2 bridgehead atoms. The lowest BCUT2D eigenvalue weighted by Gasteiger charge is -2.29. The van der Waals surface area contributed by atoms with E-state index in [1.54, 1.807) is 0 Å². The number of hydrogen-bond acceptors (Lipinski definition) is 2. The highest BCUT2D eigenvalue weighted by atomic mass is 16.1. The van der Waals surface area contributed by atoms with Crippen LogP contribution in [0.1, 0.15) is 42.4 Å². The van der Waals surface area contributed by atoms with Crippen molar-refractivity contribution in [2.45, 2.75) is 64.1 Å². The second-order valence-electron chi connectivity index (χ2n) is 6.48. The van der Waals surface area contributed by atoms with Crippen LogP contribution in [0.5, 0.6) is 0 Å². The predicted octanol–water partition coefficient (Wildman–Crippen LogP) is 2.25. The Labute approximate surface area is 121 Å². The molecule has 108 valence electrons. The standard InChI is InChI=1S/C17H24N2O/c1-11-3-4-12(2)13(7-11)8-17(20)19-16-9-14-5-6-15(10-16)18-14/h3-4,7,14-16,18H,5-6,8-10H2,1-2H3,(H,19,20). The van der Waals surface area contributed by atoms with Crippen LogP contribution in [-0.4, -0.2) is 24.0 Å². The van der Waals surface area contributed by atoms with E-state index in [1.165, 1.54) is 24.0 Å². The molecular weight excluding hydrogens is 248 g/mol. The third kappa shape index (κ3) is 3.04. The average Bonchev–Trinajstić information content (AvgIpc) is 2.73. The molecule has 3 nitrogen and oxygen atoms in total. The van der Waals surface area contributed by atoms with Gasteiger partial charge in [-0.15, -0.1) is 0 Å². The van der Waals surface area contributed by atoms with Gasteiger partial charge in [0.25, 0.3) is 0 Å². The first-order valence-electron chi connectivity index (χ1n) is 7.71. The quantitative estimate of drug-likeness (QED) is 0.886. The Morgan fingerprint density at radius 3 is 2.65 bits per heavy atom. The van der Waals surface area contributed by atoms with E-state index in [0.29, 0.717) is 24.5 Å². The summed E-state index contributed by atoms with van der Waals surface area (Å²) in [5, 5.41) is 6.84. The second-order valence-corrected chi connectivity index (χ2v) is 6.48. The summed E-state index contributed by atoms with van der Waals surface area (Å²) in [5.41, 5.74) is 3.58. The fourth-order valence-electron chi connectivity index (χ4n) is 3.62. The fourth-order valence-corrected chi connectivity index (χ4v) is 3.62. The number of nitrogens with one attached hydrogen (secondary N) is 2. The summed E-state index contributed by atoms with van der Waals surface area (Å²) in [5.74, 6) is 0.171. The van der Waals surface area contributed by atoms with Crippen LogP contribution in [-0.2, 0) is 11.2 Å². The molecule has 3 heteroatoms. The molecule has 0 aromatic heterocycles. The van der Waals surface area contributed by atoms with Gasteiger partial charge in [0, 0.05) is 18.1 Å². The van der Waals surface area contributed by atoms with Gasteiger partial charge in [-0.05, 0) is 50.7 Å². The van der Waals surface area contributed by atoms with Gasteiger partial charge in [-0.1, -0.05) is 23.8 Å². The van der Waals surface area contributed by atoms with Gasteiger partial charge in [-0.25, -0.2) is 0 Å². The molecule has 2 aliphatic heterocycles. The largest absolute Gasteiger partial charge is 0.353 e. The summed E-state index contributed by atoms with van der Waals surface area (Å²) >= 11 is 0. The maximum Gasteiger partial charge on any atom is 0.224 e. The van der Waals surface area contributed by atoms with Crippen molar-refractivity contribution in [3.8, 4) is 0 Å². The molecule has 20 heavy (non-hydrogen) atoms. The van der Waals surface area contributed by atoms with Crippen LogP contribution in [0.15, 0.2) is 18.2 Å². The number of carbonyl (C=O) groups is 1. The van der Waals surface area contributed by atoms with E-state index < -0.39 is 0 Å². The highest BCUT2D eigenvalue weighted by Gasteiger charge is 2.33. The lowest BCUT2D eigenvalue weighted by Crippen LogP contribution is -2.48. The van der Waals surface area contributed by atoms with Crippen molar-refractivity contribution in [1.82, 2.24) is 10.6 Å². The van der Waals surface area contributed by atoms with Gasteiger partial charge in [0.2, 0.25) is 5.91 Å². The highest BCUT2D eigenvalue weighted by molar-refractivity contribution is 5.79. The first-order chi connectivity index (χ1) is 9.60. The monoisotopic (exact) mass is 272 g/mol. The van der Waals surface area contributed by atoms with Crippen LogP contribution in [0.4, 0.5) is 0 Å². The molecule has 1 aromatic carbocycles. The Bertz CT molecular complexity index is 500. The minimum atomic E-state index is 0.171. The van der Waals surface area contributed by atoms with Gasteiger partial charge < -0.3 is 10.6 Å². The van der Waals surface area contributed by atoms with E-state index in [-0.39, 0.29) is 5.91 Å². The molecule has 1 amide bonds. The maximum atomic E-state index is 12.2. The normalized spacial score (nSPS) is 28.4. The molecule has 2 atom stereocenters. The van der Waals surface area contributed by atoms with Crippen LogP contribution in [0.3, 0.4) is 0 Å². The summed E-state index contributed by atoms with van der Waals surface area (Å²) in [7, 11) is 0. The van der Waals surface area contributed by atoms with Crippen LogP contribution in [0.25, 0.3) is 0 Å². The number of carbonyl (C=O) groups excluding carboxylic acids is 1. The van der Waals surface area contributed by atoms with Crippen LogP contribution < -0.4 is 10.6 Å². The van der Waals surface area contributed by atoms with Gasteiger partial charge in [-0.3, -0.25) is 4.79 Å². The number of hydrogen-bond donors (Lipinski definition) is 2. The fraction of sp³-hybridized carbons (Fsp3) is 0.588. The van der Waals surface area contributed by atoms with E-state index in [4.69, 9.17) is 0 Å².